The highest BCUT2D eigenvalue weighted by Crippen LogP contribution is 2.25. The minimum absolute atomic E-state index is 0. The molecule has 102 valence electrons. The van der Waals surface area contributed by atoms with E-state index < -0.39 is 0 Å². The Bertz CT molecular complexity index is 219. The van der Waals surface area contributed by atoms with Crippen LogP contribution < -0.4 is 11.1 Å². The van der Waals surface area contributed by atoms with Crippen LogP contribution in [0.5, 0.6) is 0 Å². The van der Waals surface area contributed by atoms with E-state index in [1.54, 1.807) is 0 Å². The molecule has 1 saturated carbocycles. The Morgan fingerprint density at radius 2 is 2.00 bits per heavy atom. The van der Waals surface area contributed by atoms with Gasteiger partial charge in [-0.3, -0.25) is 4.79 Å². The van der Waals surface area contributed by atoms with Crippen molar-refractivity contribution < 1.29 is 4.79 Å². The lowest BCUT2D eigenvalue weighted by molar-refractivity contribution is -0.123. The molecule has 0 aliphatic heterocycles. The Hall–Kier alpha value is -0.280. The van der Waals surface area contributed by atoms with Crippen LogP contribution in [-0.4, -0.2) is 18.5 Å². The third-order valence-corrected chi connectivity index (χ3v) is 3.94. The molecule has 0 bridgehead atoms. The second-order valence-corrected chi connectivity index (χ2v) is 4.99. The van der Waals surface area contributed by atoms with Gasteiger partial charge in [-0.15, -0.1) is 12.4 Å². The monoisotopic (exact) mass is 262 g/mol. The van der Waals surface area contributed by atoms with Gasteiger partial charge in [0.15, 0.2) is 0 Å². The van der Waals surface area contributed by atoms with Crippen molar-refractivity contribution in [2.45, 2.75) is 58.4 Å². The normalized spacial score (nSPS) is 23.5. The van der Waals surface area contributed by atoms with E-state index in [9.17, 15) is 4.79 Å². The van der Waals surface area contributed by atoms with Gasteiger partial charge in [-0.25, -0.2) is 0 Å². The topological polar surface area (TPSA) is 55.1 Å². The molecular formula is C13H27ClN2O. The van der Waals surface area contributed by atoms with Gasteiger partial charge in [0.1, 0.15) is 0 Å². The summed E-state index contributed by atoms with van der Waals surface area (Å²) in [6.07, 6.45) is 6.35. The Balaban J connectivity index is 0.00000256. The summed E-state index contributed by atoms with van der Waals surface area (Å²) in [5.41, 5.74) is 5.70. The number of hydrogen-bond donors (Lipinski definition) is 2. The van der Waals surface area contributed by atoms with Gasteiger partial charge in [0.2, 0.25) is 5.91 Å². The zero-order valence-corrected chi connectivity index (χ0v) is 11.9. The first-order valence-electron chi connectivity index (χ1n) is 6.70. The average Bonchev–Trinajstić information content (AvgIpc) is 2.73. The molecule has 1 aliphatic carbocycles. The van der Waals surface area contributed by atoms with Gasteiger partial charge in [-0.2, -0.15) is 0 Å². The van der Waals surface area contributed by atoms with Crippen molar-refractivity contribution in [1.82, 2.24) is 5.32 Å². The van der Waals surface area contributed by atoms with Crippen LogP contribution in [0.3, 0.4) is 0 Å². The number of halogens is 1. The first-order chi connectivity index (χ1) is 7.71. The summed E-state index contributed by atoms with van der Waals surface area (Å²) >= 11 is 0. The molecule has 1 aliphatic rings. The van der Waals surface area contributed by atoms with Gasteiger partial charge < -0.3 is 11.1 Å². The Morgan fingerprint density at radius 1 is 1.35 bits per heavy atom. The van der Waals surface area contributed by atoms with E-state index in [1.165, 1.54) is 12.8 Å². The van der Waals surface area contributed by atoms with E-state index in [1.807, 2.05) is 0 Å². The van der Waals surface area contributed by atoms with Crippen LogP contribution in [0.2, 0.25) is 0 Å². The fourth-order valence-corrected chi connectivity index (χ4v) is 2.61. The first kappa shape index (κ1) is 16.7. The average molecular weight is 263 g/mol. The molecule has 1 rings (SSSR count). The first-order valence-corrected chi connectivity index (χ1v) is 6.70. The molecule has 2 atom stereocenters. The molecule has 4 heteroatoms. The molecule has 0 saturated heterocycles. The molecule has 0 aromatic rings. The molecule has 0 spiro atoms. The van der Waals surface area contributed by atoms with E-state index in [4.69, 9.17) is 5.73 Å². The van der Waals surface area contributed by atoms with E-state index in [2.05, 4.69) is 19.2 Å². The molecule has 3 N–H and O–H groups in total. The van der Waals surface area contributed by atoms with Gasteiger partial charge in [-0.05, 0) is 31.2 Å². The third kappa shape index (κ3) is 5.26. The molecule has 0 aromatic carbocycles. The van der Waals surface area contributed by atoms with Crippen molar-refractivity contribution >= 4 is 18.3 Å². The van der Waals surface area contributed by atoms with Crippen molar-refractivity contribution in [2.75, 3.05) is 6.54 Å². The second kappa shape index (κ2) is 8.76. The third-order valence-electron chi connectivity index (χ3n) is 3.94. The minimum Gasteiger partial charge on any atom is -0.353 e. The summed E-state index contributed by atoms with van der Waals surface area (Å²) in [5.74, 6) is 1.27. The van der Waals surface area contributed by atoms with Gasteiger partial charge in [0.05, 0.1) is 0 Å². The Morgan fingerprint density at radius 3 is 2.53 bits per heavy atom. The van der Waals surface area contributed by atoms with Crippen LogP contribution in [0.1, 0.15) is 52.4 Å². The molecule has 0 aromatic heterocycles. The maximum Gasteiger partial charge on any atom is 0.220 e. The van der Waals surface area contributed by atoms with E-state index in [-0.39, 0.29) is 18.3 Å². The van der Waals surface area contributed by atoms with Crippen LogP contribution in [0.4, 0.5) is 0 Å². The second-order valence-electron chi connectivity index (χ2n) is 4.99. The van der Waals surface area contributed by atoms with Crippen LogP contribution in [0.25, 0.3) is 0 Å². The zero-order valence-electron chi connectivity index (χ0n) is 11.1. The predicted molar refractivity (Wildman–Crippen MR) is 74.3 cm³/mol. The van der Waals surface area contributed by atoms with Gasteiger partial charge in [0, 0.05) is 12.5 Å². The highest BCUT2D eigenvalue weighted by Gasteiger charge is 2.27. The van der Waals surface area contributed by atoms with Crippen molar-refractivity contribution in [3.05, 3.63) is 0 Å². The Labute approximate surface area is 111 Å². The van der Waals surface area contributed by atoms with E-state index in [0.29, 0.717) is 30.8 Å². The lowest BCUT2D eigenvalue weighted by atomic mass is 9.98. The summed E-state index contributed by atoms with van der Waals surface area (Å²) in [7, 11) is 0. The minimum atomic E-state index is 0. The largest absolute Gasteiger partial charge is 0.353 e. The number of nitrogens with one attached hydrogen (secondary N) is 1. The van der Waals surface area contributed by atoms with Crippen molar-refractivity contribution in [2.24, 2.45) is 17.6 Å². The van der Waals surface area contributed by atoms with Crippen molar-refractivity contribution in [1.29, 1.82) is 0 Å². The number of hydrogen-bond acceptors (Lipinski definition) is 2. The van der Waals surface area contributed by atoms with Crippen LogP contribution >= 0.6 is 12.4 Å². The predicted octanol–water partition coefficient (Wildman–Crippen LogP) is 2.48. The molecular weight excluding hydrogens is 236 g/mol. The molecule has 1 fully saturated rings. The summed E-state index contributed by atoms with van der Waals surface area (Å²) in [6.45, 7) is 5.01. The smallest absolute Gasteiger partial charge is 0.220 e. The molecule has 0 radical (unpaired) electrons. The fourth-order valence-electron chi connectivity index (χ4n) is 2.61. The molecule has 0 heterocycles. The number of carbonyl (C=O) groups excluding carboxylic acids is 1. The summed E-state index contributed by atoms with van der Waals surface area (Å²) < 4.78 is 0. The van der Waals surface area contributed by atoms with Gasteiger partial charge in [0.25, 0.3) is 0 Å². The lowest BCUT2D eigenvalue weighted by Gasteiger charge is -2.21. The Kier molecular flexibility index (Phi) is 8.61. The highest BCUT2D eigenvalue weighted by atomic mass is 35.5. The van der Waals surface area contributed by atoms with Crippen LogP contribution in [0.15, 0.2) is 0 Å². The van der Waals surface area contributed by atoms with Gasteiger partial charge in [-0.1, -0.05) is 33.1 Å². The quantitative estimate of drug-likeness (QED) is 0.773. The lowest BCUT2D eigenvalue weighted by Crippen LogP contribution is -2.40. The van der Waals surface area contributed by atoms with Crippen molar-refractivity contribution in [3.63, 3.8) is 0 Å². The van der Waals surface area contributed by atoms with Crippen LogP contribution in [0, 0.1) is 11.8 Å². The zero-order chi connectivity index (χ0) is 12.0. The summed E-state index contributed by atoms with van der Waals surface area (Å²) in [6, 6.07) is 0.340. The number of amides is 1. The van der Waals surface area contributed by atoms with Crippen molar-refractivity contribution in [3.8, 4) is 0 Å². The highest BCUT2D eigenvalue weighted by molar-refractivity contribution is 5.85. The standard InChI is InChI=1S/C13H26N2O.ClH/c1-3-10(4-2)8-13(16)15-12-7-5-6-11(12)9-14;/h10-12H,3-9,14H2,1-2H3,(H,15,16);1H. The summed E-state index contributed by atoms with van der Waals surface area (Å²) in [5, 5.41) is 3.16. The fraction of sp³-hybridized carbons (Fsp3) is 0.923. The SMILES string of the molecule is CCC(CC)CC(=O)NC1CCCC1CN.Cl. The number of carbonyl (C=O) groups is 1. The summed E-state index contributed by atoms with van der Waals surface area (Å²) in [4.78, 5) is 11.8. The molecule has 3 nitrogen and oxygen atoms in total. The maximum absolute atomic E-state index is 11.8. The molecule has 2 unspecified atom stereocenters. The van der Waals surface area contributed by atoms with Crippen LogP contribution in [-0.2, 0) is 4.79 Å². The van der Waals surface area contributed by atoms with E-state index in [0.717, 1.165) is 19.3 Å². The van der Waals surface area contributed by atoms with Gasteiger partial charge >= 0.3 is 0 Å². The maximum atomic E-state index is 11.8. The number of nitrogens with two attached hydrogens (primary N) is 1. The number of rotatable bonds is 6. The molecule has 1 amide bonds. The molecule has 17 heavy (non-hydrogen) atoms. The van der Waals surface area contributed by atoms with E-state index >= 15 is 0 Å².